The SMILES string of the molecule is CC(C)(C)Oc1sc(-c2ccccc2)cc1C1=C(c2cc(-c3ccccc3)sc2OC2CCCCC2)C(F)(F)C(F)(F)C1(F)F. The van der Waals surface area contributed by atoms with Crippen molar-refractivity contribution in [1.82, 2.24) is 0 Å². The lowest BCUT2D eigenvalue weighted by atomic mass is 9.95. The minimum absolute atomic E-state index is 0.0711. The van der Waals surface area contributed by atoms with Gasteiger partial charge in [0.05, 0.1) is 6.10 Å². The van der Waals surface area contributed by atoms with Crippen molar-refractivity contribution in [1.29, 1.82) is 0 Å². The highest BCUT2D eigenvalue weighted by Gasteiger charge is 2.80. The Morgan fingerprint density at radius 3 is 1.56 bits per heavy atom. The standard InChI is InChI=1S/C35H32F6O2S2/c1-32(2,3)43-31-25(20-27(45-31)22-15-9-5-10-16-22)29-28(33(36,37)35(40,41)34(29,38)39)24-19-26(21-13-7-4-8-14-21)44-30(24)42-23-17-11-6-12-18-23/h4-5,7-10,13-16,19-20,23H,6,11-12,17-18H2,1-3H3. The Balaban J connectivity index is 1.64. The first-order valence-electron chi connectivity index (χ1n) is 14.8. The molecule has 6 rings (SSSR count). The summed E-state index contributed by atoms with van der Waals surface area (Å²) in [5.74, 6) is -16.2. The average molecular weight is 663 g/mol. The molecule has 1 saturated carbocycles. The molecule has 0 spiro atoms. The zero-order valence-electron chi connectivity index (χ0n) is 24.9. The van der Waals surface area contributed by atoms with Crippen LogP contribution in [-0.4, -0.2) is 29.5 Å². The molecular weight excluding hydrogens is 631 g/mol. The third kappa shape index (κ3) is 5.69. The molecule has 2 aromatic carbocycles. The number of allylic oxidation sites excluding steroid dienone is 2. The molecule has 0 saturated heterocycles. The Morgan fingerprint density at radius 2 is 1.09 bits per heavy atom. The van der Waals surface area contributed by atoms with Gasteiger partial charge in [0.15, 0.2) is 10.1 Å². The van der Waals surface area contributed by atoms with Crippen LogP contribution in [0.4, 0.5) is 26.3 Å². The number of thiophene rings is 2. The summed E-state index contributed by atoms with van der Waals surface area (Å²) < 4.78 is 108. The van der Waals surface area contributed by atoms with E-state index in [1.165, 1.54) is 12.1 Å². The van der Waals surface area contributed by atoms with Crippen LogP contribution in [0, 0.1) is 0 Å². The number of alkyl halides is 6. The summed E-state index contributed by atoms with van der Waals surface area (Å²) in [6, 6.07) is 20.0. The van der Waals surface area contributed by atoms with Gasteiger partial charge in [-0.05, 0) is 69.7 Å². The van der Waals surface area contributed by atoms with Crippen molar-refractivity contribution in [3.63, 3.8) is 0 Å². The van der Waals surface area contributed by atoms with Crippen LogP contribution < -0.4 is 9.47 Å². The predicted octanol–water partition coefficient (Wildman–Crippen LogP) is 11.9. The number of halogens is 6. The van der Waals surface area contributed by atoms with E-state index in [4.69, 9.17) is 9.47 Å². The fraction of sp³-hybridized carbons (Fsp3) is 0.371. The fourth-order valence-electron chi connectivity index (χ4n) is 5.80. The lowest BCUT2D eigenvalue weighted by Crippen LogP contribution is -2.48. The summed E-state index contributed by atoms with van der Waals surface area (Å²) in [5.41, 5.74) is -3.51. The van der Waals surface area contributed by atoms with Gasteiger partial charge in [-0.15, -0.1) is 0 Å². The second kappa shape index (κ2) is 11.5. The monoisotopic (exact) mass is 662 g/mol. The largest absolute Gasteiger partial charge is 0.480 e. The van der Waals surface area contributed by atoms with Crippen molar-refractivity contribution in [2.24, 2.45) is 0 Å². The number of hydrogen-bond acceptors (Lipinski definition) is 4. The molecule has 45 heavy (non-hydrogen) atoms. The maximum atomic E-state index is 16.1. The Hall–Kier alpha value is -3.24. The van der Waals surface area contributed by atoms with Crippen LogP contribution in [0.15, 0.2) is 72.8 Å². The maximum absolute atomic E-state index is 16.1. The Kier molecular flexibility index (Phi) is 8.13. The van der Waals surface area contributed by atoms with Crippen LogP contribution in [0.25, 0.3) is 32.0 Å². The summed E-state index contributed by atoms with van der Waals surface area (Å²) in [5, 5.41) is -0.214. The van der Waals surface area contributed by atoms with Crippen LogP contribution in [-0.2, 0) is 0 Å². The van der Waals surface area contributed by atoms with E-state index >= 15 is 26.3 Å². The molecule has 10 heteroatoms. The van der Waals surface area contributed by atoms with Crippen LogP contribution in [0.5, 0.6) is 10.1 Å². The number of ether oxygens (including phenoxy) is 2. The first kappa shape index (κ1) is 31.7. The molecule has 0 atom stereocenters. The van der Waals surface area contributed by atoms with Gasteiger partial charge in [0.1, 0.15) is 5.60 Å². The highest BCUT2D eigenvalue weighted by Crippen LogP contribution is 2.67. The molecule has 4 aromatic rings. The molecule has 0 unspecified atom stereocenters. The van der Waals surface area contributed by atoms with Crippen molar-refractivity contribution < 1.29 is 35.8 Å². The molecule has 1 fully saturated rings. The van der Waals surface area contributed by atoms with Gasteiger partial charge in [-0.25, -0.2) is 0 Å². The molecule has 2 nitrogen and oxygen atoms in total. The van der Waals surface area contributed by atoms with Crippen LogP contribution in [0.1, 0.15) is 64.0 Å². The number of hydrogen-bond donors (Lipinski definition) is 0. The van der Waals surface area contributed by atoms with E-state index in [0.29, 0.717) is 33.7 Å². The first-order valence-corrected chi connectivity index (χ1v) is 16.5. The summed E-state index contributed by atoms with van der Waals surface area (Å²) in [6.45, 7) is 5.02. The molecule has 2 aromatic heterocycles. The highest BCUT2D eigenvalue weighted by molar-refractivity contribution is 7.18. The number of rotatable bonds is 7. The van der Waals surface area contributed by atoms with E-state index in [9.17, 15) is 0 Å². The zero-order valence-corrected chi connectivity index (χ0v) is 26.6. The molecule has 0 bridgehead atoms. The van der Waals surface area contributed by atoms with Crippen molar-refractivity contribution in [2.45, 2.75) is 82.3 Å². The highest BCUT2D eigenvalue weighted by atomic mass is 32.1. The van der Waals surface area contributed by atoms with E-state index in [0.717, 1.165) is 41.9 Å². The molecule has 0 N–H and O–H groups in total. The summed E-state index contributed by atoms with van der Waals surface area (Å²) in [7, 11) is 0. The van der Waals surface area contributed by atoms with Crippen molar-refractivity contribution >= 4 is 33.8 Å². The first-order chi connectivity index (χ1) is 21.2. The average Bonchev–Trinajstić information content (AvgIpc) is 3.62. The van der Waals surface area contributed by atoms with Gasteiger partial charge in [0.2, 0.25) is 0 Å². The van der Waals surface area contributed by atoms with Crippen LogP contribution in [0.3, 0.4) is 0 Å². The van der Waals surface area contributed by atoms with Gasteiger partial charge in [0, 0.05) is 32.0 Å². The summed E-state index contributed by atoms with van der Waals surface area (Å²) >= 11 is 1.95. The van der Waals surface area contributed by atoms with E-state index in [1.807, 2.05) is 0 Å². The third-order valence-electron chi connectivity index (χ3n) is 7.94. The quantitative estimate of drug-likeness (QED) is 0.183. The molecule has 2 heterocycles. The molecule has 2 aliphatic carbocycles. The normalized spacial score (nSPS) is 19.6. The van der Waals surface area contributed by atoms with Gasteiger partial charge in [0.25, 0.3) is 0 Å². The van der Waals surface area contributed by atoms with Crippen molar-refractivity contribution in [2.75, 3.05) is 0 Å². The Labute approximate surface area is 266 Å². The number of benzene rings is 2. The Bertz CT molecular complexity index is 1690. The van der Waals surface area contributed by atoms with E-state index < -0.39 is 45.6 Å². The van der Waals surface area contributed by atoms with Gasteiger partial charge < -0.3 is 9.47 Å². The topological polar surface area (TPSA) is 18.5 Å². The zero-order chi connectivity index (χ0) is 32.2. The lowest BCUT2D eigenvalue weighted by molar-refractivity contribution is -0.254. The Morgan fingerprint density at radius 1 is 0.644 bits per heavy atom. The molecule has 0 aliphatic heterocycles. The van der Waals surface area contributed by atoms with Gasteiger partial charge in [-0.3, -0.25) is 0 Å². The van der Waals surface area contributed by atoms with E-state index in [2.05, 4.69) is 0 Å². The molecular formula is C35H32F6O2S2. The van der Waals surface area contributed by atoms with Gasteiger partial charge >= 0.3 is 17.8 Å². The second-order valence-corrected chi connectivity index (χ2v) is 14.5. The molecule has 0 amide bonds. The van der Waals surface area contributed by atoms with Crippen LogP contribution >= 0.6 is 22.7 Å². The van der Waals surface area contributed by atoms with Gasteiger partial charge in [-0.1, -0.05) is 89.8 Å². The van der Waals surface area contributed by atoms with Gasteiger partial charge in [-0.2, -0.15) is 26.3 Å². The van der Waals surface area contributed by atoms with Crippen LogP contribution in [0.2, 0.25) is 0 Å². The molecule has 0 radical (unpaired) electrons. The maximum Gasteiger partial charge on any atom is 0.380 e. The minimum Gasteiger partial charge on any atom is -0.480 e. The fourth-order valence-corrected chi connectivity index (χ4v) is 8.07. The van der Waals surface area contributed by atoms with E-state index in [-0.39, 0.29) is 16.2 Å². The third-order valence-corrected chi connectivity index (χ3v) is 10.1. The summed E-state index contributed by atoms with van der Waals surface area (Å²) in [4.78, 5) is 0.860. The van der Waals surface area contributed by atoms with Crippen molar-refractivity contribution in [3.8, 4) is 31.0 Å². The predicted molar refractivity (Wildman–Crippen MR) is 169 cm³/mol. The van der Waals surface area contributed by atoms with E-state index in [1.54, 1.807) is 81.4 Å². The molecule has 238 valence electrons. The smallest absolute Gasteiger partial charge is 0.380 e. The second-order valence-electron chi connectivity index (χ2n) is 12.4. The molecule has 2 aliphatic rings. The minimum atomic E-state index is -5.71. The van der Waals surface area contributed by atoms with Crippen molar-refractivity contribution in [3.05, 3.63) is 83.9 Å². The lowest BCUT2D eigenvalue weighted by Gasteiger charge is -2.26. The summed E-state index contributed by atoms with van der Waals surface area (Å²) in [6.07, 6.45) is 3.69.